The predicted octanol–water partition coefficient (Wildman–Crippen LogP) is 2.68. The van der Waals surface area contributed by atoms with Gasteiger partial charge in [-0.15, -0.1) is 0 Å². The Kier molecular flexibility index (Phi) is 12.5. The lowest BCUT2D eigenvalue weighted by Crippen LogP contribution is -2.47. The smallest absolute Gasteiger partial charge is 0.408 e. The highest BCUT2D eigenvalue weighted by atomic mass is 16.6. The molecular weight excluding hydrogens is 352 g/mol. The van der Waals surface area contributed by atoms with Crippen LogP contribution in [0.3, 0.4) is 0 Å². The number of aliphatic carboxylic acids is 1. The van der Waals surface area contributed by atoms with E-state index >= 15 is 0 Å². The SMILES string of the molecule is CC/C(=C\COC(C)CC)OC[C@@H](CNCC(=O)O)NC(=O)OC(C)(C)C. The zero-order valence-corrected chi connectivity index (χ0v) is 17.5. The molecule has 0 aliphatic rings. The van der Waals surface area contributed by atoms with Gasteiger partial charge in [-0.25, -0.2) is 4.79 Å². The monoisotopic (exact) mass is 388 g/mol. The number of ether oxygens (including phenoxy) is 3. The zero-order chi connectivity index (χ0) is 20.9. The van der Waals surface area contributed by atoms with Crippen LogP contribution in [-0.2, 0) is 19.0 Å². The van der Waals surface area contributed by atoms with Crippen molar-refractivity contribution >= 4 is 12.1 Å². The molecule has 3 N–H and O–H groups in total. The average Bonchev–Trinajstić information content (AvgIpc) is 2.55. The second-order valence-corrected chi connectivity index (χ2v) is 7.25. The Labute approximate surface area is 162 Å². The molecule has 0 saturated carbocycles. The molecule has 8 nitrogen and oxygen atoms in total. The molecule has 0 rings (SSSR count). The highest BCUT2D eigenvalue weighted by molar-refractivity contribution is 5.69. The number of rotatable bonds is 13. The summed E-state index contributed by atoms with van der Waals surface area (Å²) in [4.78, 5) is 22.7. The molecule has 0 heterocycles. The first-order valence-electron chi connectivity index (χ1n) is 9.42. The highest BCUT2D eigenvalue weighted by Gasteiger charge is 2.20. The Balaban J connectivity index is 4.67. The lowest BCUT2D eigenvalue weighted by atomic mass is 10.2. The van der Waals surface area contributed by atoms with Crippen LogP contribution in [0.25, 0.3) is 0 Å². The standard InChI is InChI=1S/C19H36N2O6/c1-7-14(3)25-10-9-16(8-2)26-13-15(11-20-12-17(22)23)21-18(24)27-19(4,5)6/h9,14-15,20H,7-8,10-13H2,1-6H3,(H,21,24)(H,22,23)/b16-9+/t14?,15-/m1/s1. The number of hydrogen-bond donors (Lipinski definition) is 3. The summed E-state index contributed by atoms with van der Waals surface area (Å²) in [5.74, 6) is -0.212. The molecule has 0 aliphatic carbocycles. The van der Waals surface area contributed by atoms with E-state index in [0.717, 1.165) is 12.2 Å². The van der Waals surface area contributed by atoms with Crippen molar-refractivity contribution in [2.75, 3.05) is 26.3 Å². The molecule has 27 heavy (non-hydrogen) atoms. The van der Waals surface area contributed by atoms with E-state index < -0.39 is 23.7 Å². The predicted molar refractivity (Wildman–Crippen MR) is 104 cm³/mol. The Morgan fingerprint density at radius 3 is 2.41 bits per heavy atom. The number of alkyl carbamates (subject to hydrolysis) is 1. The highest BCUT2D eigenvalue weighted by Crippen LogP contribution is 2.08. The topological polar surface area (TPSA) is 106 Å². The van der Waals surface area contributed by atoms with E-state index in [-0.39, 0.29) is 25.8 Å². The van der Waals surface area contributed by atoms with E-state index in [0.29, 0.717) is 13.0 Å². The van der Waals surface area contributed by atoms with Crippen molar-refractivity contribution in [3.05, 3.63) is 11.8 Å². The molecule has 0 aliphatic heterocycles. The van der Waals surface area contributed by atoms with Crippen LogP contribution in [0, 0.1) is 0 Å². The van der Waals surface area contributed by atoms with E-state index in [1.54, 1.807) is 20.8 Å². The van der Waals surface area contributed by atoms with Crippen LogP contribution in [0.1, 0.15) is 54.4 Å². The third-order valence-electron chi connectivity index (χ3n) is 3.47. The van der Waals surface area contributed by atoms with Gasteiger partial charge in [0.2, 0.25) is 0 Å². The molecule has 0 aromatic heterocycles. The maximum absolute atomic E-state index is 12.0. The summed E-state index contributed by atoms with van der Waals surface area (Å²) in [6.07, 6.45) is 3.11. The average molecular weight is 389 g/mol. The molecule has 2 atom stereocenters. The Morgan fingerprint density at radius 2 is 1.89 bits per heavy atom. The van der Waals surface area contributed by atoms with Gasteiger partial charge in [0.25, 0.3) is 0 Å². The van der Waals surface area contributed by atoms with Crippen LogP contribution in [0.4, 0.5) is 4.79 Å². The summed E-state index contributed by atoms with van der Waals surface area (Å²) in [5.41, 5.74) is -0.619. The molecule has 0 fully saturated rings. The van der Waals surface area contributed by atoms with Gasteiger partial charge in [-0.3, -0.25) is 4.79 Å². The van der Waals surface area contributed by atoms with Gasteiger partial charge < -0.3 is 30.0 Å². The van der Waals surface area contributed by atoms with Gasteiger partial charge in [-0.05, 0) is 40.2 Å². The van der Waals surface area contributed by atoms with Crippen LogP contribution < -0.4 is 10.6 Å². The lowest BCUT2D eigenvalue weighted by molar-refractivity contribution is -0.135. The molecule has 0 aromatic rings. The van der Waals surface area contributed by atoms with Crippen LogP contribution in [0.5, 0.6) is 0 Å². The summed E-state index contributed by atoms with van der Waals surface area (Å²) in [7, 11) is 0. The molecule has 8 heteroatoms. The third-order valence-corrected chi connectivity index (χ3v) is 3.47. The summed E-state index contributed by atoms with van der Waals surface area (Å²) >= 11 is 0. The number of carboxylic acid groups (broad SMARTS) is 1. The van der Waals surface area contributed by atoms with E-state index in [2.05, 4.69) is 17.6 Å². The van der Waals surface area contributed by atoms with Gasteiger partial charge in [-0.1, -0.05) is 13.8 Å². The van der Waals surface area contributed by atoms with Crippen molar-refractivity contribution in [1.82, 2.24) is 10.6 Å². The largest absolute Gasteiger partial charge is 0.496 e. The summed E-state index contributed by atoms with van der Waals surface area (Å²) in [5, 5.41) is 14.2. The van der Waals surface area contributed by atoms with Crippen molar-refractivity contribution in [3.63, 3.8) is 0 Å². The number of allylic oxidation sites excluding steroid dienone is 1. The normalized spacial score (nSPS) is 14.4. The molecule has 0 bridgehead atoms. The van der Waals surface area contributed by atoms with Gasteiger partial charge in [-0.2, -0.15) is 0 Å². The first kappa shape index (κ1) is 25.2. The van der Waals surface area contributed by atoms with Crippen molar-refractivity contribution in [2.24, 2.45) is 0 Å². The first-order chi connectivity index (χ1) is 12.6. The minimum Gasteiger partial charge on any atom is -0.496 e. The fraction of sp³-hybridized carbons (Fsp3) is 0.789. The first-order valence-corrected chi connectivity index (χ1v) is 9.42. The van der Waals surface area contributed by atoms with Crippen LogP contribution >= 0.6 is 0 Å². The van der Waals surface area contributed by atoms with Crippen molar-refractivity contribution in [3.8, 4) is 0 Å². The second kappa shape index (κ2) is 13.4. The fourth-order valence-corrected chi connectivity index (χ4v) is 1.92. The van der Waals surface area contributed by atoms with Gasteiger partial charge in [0, 0.05) is 13.0 Å². The minimum absolute atomic E-state index is 0.182. The lowest BCUT2D eigenvalue weighted by Gasteiger charge is -2.24. The zero-order valence-electron chi connectivity index (χ0n) is 17.5. The summed E-state index contributed by atoms with van der Waals surface area (Å²) in [6.45, 7) is 12.0. The van der Waals surface area contributed by atoms with E-state index in [9.17, 15) is 9.59 Å². The van der Waals surface area contributed by atoms with Gasteiger partial charge in [0.05, 0.1) is 31.1 Å². The van der Waals surface area contributed by atoms with Gasteiger partial charge >= 0.3 is 12.1 Å². The Bertz CT molecular complexity index is 473. The van der Waals surface area contributed by atoms with Crippen LogP contribution in [-0.4, -0.2) is 61.2 Å². The number of amides is 1. The molecule has 0 radical (unpaired) electrons. The number of carboxylic acids is 1. The maximum atomic E-state index is 12.0. The molecule has 0 aromatic carbocycles. The maximum Gasteiger partial charge on any atom is 0.408 e. The van der Waals surface area contributed by atoms with Crippen molar-refractivity contribution in [1.29, 1.82) is 0 Å². The van der Waals surface area contributed by atoms with Crippen LogP contribution in [0.15, 0.2) is 11.8 Å². The summed E-state index contributed by atoms with van der Waals surface area (Å²) in [6, 6.07) is -0.440. The molecule has 1 unspecified atom stereocenters. The van der Waals surface area contributed by atoms with E-state index in [4.69, 9.17) is 19.3 Å². The van der Waals surface area contributed by atoms with Gasteiger partial charge in [0.1, 0.15) is 12.2 Å². The number of carbonyl (C=O) groups is 2. The number of hydrogen-bond acceptors (Lipinski definition) is 6. The summed E-state index contributed by atoms with van der Waals surface area (Å²) < 4.78 is 16.6. The Morgan fingerprint density at radius 1 is 1.22 bits per heavy atom. The van der Waals surface area contributed by atoms with Crippen LogP contribution in [0.2, 0.25) is 0 Å². The van der Waals surface area contributed by atoms with E-state index in [1.165, 1.54) is 0 Å². The fourth-order valence-electron chi connectivity index (χ4n) is 1.92. The molecule has 0 spiro atoms. The molecule has 1 amide bonds. The minimum atomic E-state index is -0.969. The van der Waals surface area contributed by atoms with Gasteiger partial charge in [0.15, 0.2) is 0 Å². The quantitative estimate of drug-likeness (QED) is 0.417. The van der Waals surface area contributed by atoms with Crippen molar-refractivity contribution < 1.29 is 28.9 Å². The Hall–Kier alpha value is -1.80. The van der Waals surface area contributed by atoms with E-state index in [1.807, 2.05) is 19.9 Å². The third kappa shape index (κ3) is 15.0. The molecule has 158 valence electrons. The number of nitrogens with one attached hydrogen (secondary N) is 2. The van der Waals surface area contributed by atoms with Crippen molar-refractivity contribution in [2.45, 2.75) is 72.1 Å². The number of carbonyl (C=O) groups excluding carboxylic acids is 1. The molecular formula is C19H36N2O6. The molecule has 0 saturated heterocycles. The second-order valence-electron chi connectivity index (χ2n) is 7.25.